The van der Waals surface area contributed by atoms with Crippen LogP contribution in [0.15, 0.2) is 11.0 Å². The first kappa shape index (κ1) is 13.2. The molecule has 8 nitrogen and oxygen atoms in total. The molecule has 9 heteroatoms. The van der Waals surface area contributed by atoms with E-state index in [1.165, 1.54) is 6.20 Å². The maximum atomic E-state index is 11.6. The number of aliphatic carboxylic acids is 1. The number of carboxylic acids is 1. The number of hydrogen-bond acceptors (Lipinski definition) is 6. The van der Waals surface area contributed by atoms with Crippen molar-refractivity contribution in [3.63, 3.8) is 0 Å². The van der Waals surface area contributed by atoms with Crippen LogP contribution in [0.5, 0.6) is 0 Å². The van der Waals surface area contributed by atoms with E-state index in [0.29, 0.717) is 3.57 Å². The fraction of sp³-hybridized carbons (Fsp3) is 0.444. The molecule has 1 fully saturated rings. The van der Waals surface area contributed by atoms with E-state index in [1.807, 2.05) is 22.6 Å². The largest absolute Gasteiger partial charge is 0.479 e. The first-order chi connectivity index (χ1) is 8.40. The van der Waals surface area contributed by atoms with Crippen molar-refractivity contribution in [2.24, 2.45) is 0 Å². The lowest BCUT2D eigenvalue weighted by molar-refractivity contribution is -0.155. The number of aliphatic hydroxyl groups is 1. The highest BCUT2D eigenvalue weighted by Gasteiger charge is 2.40. The number of nitrogens with two attached hydrogens (primary N) is 1. The van der Waals surface area contributed by atoms with Gasteiger partial charge in [-0.1, -0.05) is 0 Å². The summed E-state index contributed by atoms with van der Waals surface area (Å²) in [5.41, 5.74) is 4.83. The molecule has 98 valence electrons. The molecular weight excluding hydrogens is 357 g/mol. The Morgan fingerprint density at radius 2 is 2.33 bits per heavy atom. The Balaban J connectivity index is 2.32. The third kappa shape index (κ3) is 2.33. The van der Waals surface area contributed by atoms with Gasteiger partial charge in [-0.05, 0) is 22.6 Å². The van der Waals surface area contributed by atoms with Crippen molar-refractivity contribution >= 4 is 34.4 Å². The van der Waals surface area contributed by atoms with Crippen LogP contribution >= 0.6 is 22.6 Å². The second kappa shape index (κ2) is 4.82. The molecule has 1 aromatic rings. The minimum atomic E-state index is -1.34. The Morgan fingerprint density at radius 3 is 2.89 bits per heavy atom. The summed E-state index contributed by atoms with van der Waals surface area (Å²) in [4.78, 5) is 26.0. The Hall–Kier alpha value is -1.20. The number of ether oxygens (including phenoxy) is 1. The fourth-order valence-corrected chi connectivity index (χ4v) is 2.13. The lowest BCUT2D eigenvalue weighted by atomic mass is 10.2. The van der Waals surface area contributed by atoms with Crippen LogP contribution in [0.3, 0.4) is 0 Å². The second-order valence-corrected chi connectivity index (χ2v) is 4.98. The van der Waals surface area contributed by atoms with Crippen molar-refractivity contribution in [1.29, 1.82) is 0 Å². The topological polar surface area (TPSA) is 128 Å². The van der Waals surface area contributed by atoms with Crippen molar-refractivity contribution in [1.82, 2.24) is 9.55 Å². The van der Waals surface area contributed by atoms with Gasteiger partial charge in [0.2, 0.25) is 0 Å². The number of carbonyl (C=O) groups is 1. The average molecular weight is 367 g/mol. The zero-order valence-corrected chi connectivity index (χ0v) is 11.1. The number of anilines is 1. The van der Waals surface area contributed by atoms with Crippen LogP contribution in [0.25, 0.3) is 0 Å². The van der Waals surface area contributed by atoms with Crippen LogP contribution < -0.4 is 11.4 Å². The zero-order chi connectivity index (χ0) is 13.4. The molecule has 0 bridgehead atoms. The van der Waals surface area contributed by atoms with Crippen LogP contribution in [-0.4, -0.2) is 37.9 Å². The van der Waals surface area contributed by atoms with Gasteiger partial charge in [-0.3, -0.25) is 4.57 Å². The summed E-state index contributed by atoms with van der Waals surface area (Å²) < 4.78 is 6.80. The van der Waals surface area contributed by atoms with Gasteiger partial charge in [0.25, 0.3) is 0 Å². The fourth-order valence-electron chi connectivity index (χ4n) is 1.71. The van der Waals surface area contributed by atoms with E-state index in [1.54, 1.807) is 0 Å². The van der Waals surface area contributed by atoms with Crippen LogP contribution in [0.1, 0.15) is 12.6 Å². The summed E-state index contributed by atoms with van der Waals surface area (Å²) in [6, 6.07) is 0. The molecule has 4 N–H and O–H groups in total. The summed E-state index contributed by atoms with van der Waals surface area (Å²) in [7, 11) is 0. The molecule has 1 aromatic heterocycles. The van der Waals surface area contributed by atoms with E-state index in [9.17, 15) is 14.7 Å². The molecule has 3 atom stereocenters. The number of halogens is 1. The van der Waals surface area contributed by atoms with Crippen LogP contribution in [0.4, 0.5) is 5.82 Å². The minimum absolute atomic E-state index is 0.0125. The molecule has 0 amide bonds. The highest BCUT2D eigenvalue weighted by Crippen LogP contribution is 2.28. The summed E-state index contributed by atoms with van der Waals surface area (Å²) in [6.07, 6.45) is -1.91. The molecule has 0 radical (unpaired) electrons. The van der Waals surface area contributed by atoms with Crippen molar-refractivity contribution in [2.45, 2.75) is 24.9 Å². The van der Waals surface area contributed by atoms with E-state index < -0.39 is 30.1 Å². The second-order valence-electron chi connectivity index (χ2n) is 3.82. The molecule has 1 saturated heterocycles. The molecule has 0 saturated carbocycles. The predicted octanol–water partition coefficient (Wildman–Crippen LogP) is -0.837. The molecular formula is C9H10IN3O5. The molecule has 0 aliphatic carbocycles. The Kier molecular flexibility index (Phi) is 3.54. The van der Waals surface area contributed by atoms with Gasteiger partial charge in [-0.15, -0.1) is 0 Å². The van der Waals surface area contributed by atoms with E-state index in [-0.39, 0.29) is 12.2 Å². The van der Waals surface area contributed by atoms with E-state index in [0.717, 1.165) is 4.57 Å². The van der Waals surface area contributed by atoms with E-state index >= 15 is 0 Å². The van der Waals surface area contributed by atoms with Gasteiger partial charge in [0.1, 0.15) is 12.0 Å². The summed E-state index contributed by atoms with van der Waals surface area (Å²) in [5.74, 6) is -1.17. The van der Waals surface area contributed by atoms with Gasteiger partial charge in [-0.2, -0.15) is 4.98 Å². The number of nitrogens with zero attached hydrogens (tertiary/aromatic N) is 2. The zero-order valence-electron chi connectivity index (χ0n) is 8.99. The Bertz CT molecular complexity index is 545. The molecule has 2 rings (SSSR count). The standard InChI is InChI=1S/C9H10IN3O5/c10-3-2-13(9(17)12-7(3)11)5-1-4(14)6(18-5)8(15)16/h2,4-6,14H,1H2,(H,15,16)(H2,11,12,17)/t4-,5+,6-/m0/s1. The highest BCUT2D eigenvalue weighted by atomic mass is 127. The van der Waals surface area contributed by atoms with E-state index in [4.69, 9.17) is 15.6 Å². The van der Waals surface area contributed by atoms with Crippen LogP contribution in [0, 0.1) is 3.57 Å². The SMILES string of the molecule is Nc1nc(=O)n([C@H]2C[C@H](O)[C@@H](C(=O)O)O2)cc1I. The number of aromatic nitrogens is 2. The lowest BCUT2D eigenvalue weighted by Gasteiger charge is -2.14. The summed E-state index contributed by atoms with van der Waals surface area (Å²) in [5, 5.41) is 18.3. The van der Waals surface area contributed by atoms with Crippen molar-refractivity contribution in [2.75, 3.05) is 5.73 Å². The van der Waals surface area contributed by atoms with Crippen LogP contribution in [0.2, 0.25) is 0 Å². The lowest BCUT2D eigenvalue weighted by Crippen LogP contribution is -2.31. The normalized spacial score (nSPS) is 27.3. The average Bonchev–Trinajstić information content (AvgIpc) is 2.65. The smallest absolute Gasteiger partial charge is 0.351 e. The Labute approximate surface area is 115 Å². The van der Waals surface area contributed by atoms with Gasteiger partial charge in [0.15, 0.2) is 6.10 Å². The number of rotatable bonds is 2. The highest BCUT2D eigenvalue weighted by molar-refractivity contribution is 14.1. The van der Waals surface area contributed by atoms with Crippen molar-refractivity contribution in [3.05, 3.63) is 20.3 Å². The third-order valence-corrected chi connectivity index (χ3v) is 3.42. The van der Waals surface area contributed by atoms with Gasteiger partial charge < -0.3 is 20.7 Å². The molecule has 0 unspecified atom stereocenters. The first-order valence-corrected chi connectivity index (χ1v) is 6.08. The molecule has 18 heavy (non-hydrogen) atoms. The number of carboxylic acid groups (broad SMARTS) is 1. The maximum absolute atomic E-state index is 11.6. The summed E-state index contributed by atoms with van der Waals surface area (Å²) >= 11 is 1.90. The van der Waals surface area contributed by atoms with Gasteiger partial charge in [0.05, 0.1) is 9.67 Å². The molecule has 2 heterocycles. The van der Waals surface area contributed by atoms with Gasteiger partial charge in [-0.25, -0.2) is 9.59 Å². The van der Waals surface area contributed by atoms with Crippen molar-refractivity contribution < 1.29 is 19.7 Å². The molecule has 1 aliphatic rings. The van der Waals surface area contributed by atoms with Crippen molar-refractivity contribution in [3.8, 4) is 0 Å². The predicted molar refractivity (Wildman–Crippen MR) is 67.8 cm³/mol. The first-order valence-electron chi connectivity index (χ1n) is 5.00. The number of hydrogen-bond donors (Lipinski definition) is 3. The van der Waals surface area contributed by atoms with Gasteiger partial charge >= 0.3 is 11.7 Å². The Morgan fingerprint density at radius 1 is 1.67 bits per heavy atom. The molecule has 0 aromatic carbocycles. The van der Waals surface area contributed by atoms with E-state index in [2.05, 4.69) is 4.98 Å². The monoisotopic (exact) mass is 367 g/mol. The molecule has 1 aliphatic heterocycles. The third-order valence-electron chi connectivity index (χ3n) is 2.58. The molecule has 0 spiro atoms. The quantitative estimate of drug-likeness (QED) is 0.582. The summed E-state index contributed by atoms with van der Waals surface area (Å²) in [6.45, 7) is 0. The minimum Gasteiger partial charge on any atom is -0.479 e. The van der Waals surface area contributed by atoms with Crippen LogP contribution in [-0.2, 0) is 9.53 Å². The van der Waals surface area contributed by atoms with Gasteiger partial charge in [0, 0.05) is 12.6 Å². The maximum Gasteiger partial charge on any atom is 0.351 e. The number of aliphatic hydroxyl groups excluding tert-OH is 1. The number of nitrogen functional groups attached to an aromatic ring is 1.